The molecule has 2 fully saturated rings. The zero-order chi connectivity index (χ0) is 33.5. The molecule has 1 spiro atoms. The Morgan fingerprint density at radius 1 is 1.00 bits per heavy atom. The van der Waals surface area contributed by atoms with Crippen molar-refractivity contribution in [1.82, 2.24) is 9.80 Å². The Balaban J connectivity index is 1.48. The van der Waals surface area contributed by atoms with Gasteiger partial charge in [-0.3, -0.25) is 19.2 Å². The number of nitrogens with zero attached hydrogens (tertiary/aromatic N) is 3. The summed E-state index contributed by atoms with van der Waals surface area (Å²) < 4.78 is 13.4. The van der Waals surface area contributed by atoms with Crippen molar-refractivity contribution in [2.75, 3.05) is 31.6 Å². The van der Waals surface area contributed by atoms with Gasteiger partial charge in [-0.25, -0.2) is 0 Å². The van der Waals surface area contributed by atoms with Crippen molar-refractivity contribution < 1.29 is 33.8 Å². The van der Waals surface area contributed by atoms with E-state index in [1.54, 1.807) is 48.4 Å². The van der Waals surface area contributed by atoms with Gasteiger partial charge in [0.15, 0.2) is 0 Å². The first-order valence-corrected chi connectivity index (χ1v) is 17.0. The molecule has 2 aromatic carbocycles. The molecule has 47 heavy (non-hydrogen) atoms. The van der Waals surface area contributed by atoms with Crippen LogP contribution < -0.4 is 4.90 Å². The van der Waals surface area contributed by atoms with E-state index in [0.717, 1.165) is 0 Å². The highest BCUT2D eigenvalue weighted by molar-refractivity contribution is 9.11. The van der Waals surface area contributed by atoms with Crippen molar-refractivity contribution in [3.05, 3.63) is 87.9 Å². The molecule has 1 N–H and O–H groups in total. The van der Waals surface area contributed by atoms with Crippen molar-refractivity contribution in [2.24, 2.45) is 11.8 Å². The molecule has 248 valence electrons. The predicted octanol–water partition coefficient (Wildman–Crippen LogP) is 4.41. The van der Waals surface area contributed by atoms with Gasteiger partial charge in [-0.05, 0) is 43.5 Å². The Kier molecular flexibility index (Phi) is 9.62. The second-order valence-electron chi connectivity index (χ2n) is 12.4. The molecule has 10 nitrogen and oxygen atoms in total. The van der Waals surface area contributed by atoms with Crippen LogP contribution in [0.15, 0.2) is 77.3 Å². The highest BCUT2D eigenvalue weighted by Gasteiger charge is 2.75. The molecule has 0 unspecified atom stereocenters. The molecule has 12 heteroatoms. The number of para-hydroxylation sites is 1. The summed E-state index contributed by atoms with van der Waals surface area (Å²) in [4.78, 5) is 61.4. The van der Waals surface area contributed by atoms with Crippen LogP contribution in [0.1, 0.15) is 37.9 Å². The Labute approximate surface area is 287 Å². The molecule has 7 atom stereocenters. The average molecular weight is 727 g/mol. The number of amides is 3. The molecule has 0 aromatic heterocycles. The van der Waals surface area contributed by atoms with Crippen LogP contribution >= 0.6 is 27.5 Å². The average Bonchev–Trinajstić information content (AvgIpc) is 3.66. The maximum Gasteiger partial charge on any atom is 0.313 e. The number of hydrogen-bond donors (Lipinski definition) is 1. The first-order chi connectivity index (χ1) is 22.6. The van der Waals surface area contributed by atoms with E-state index < -0.39 is 59.5 Å². The van der Waals surface area contributed by atoms with Crippen LogP contribution in [0.4, 0.5) is 5.69 Å². The molecule has 5 bridgehead atoms. The zero-order valence-corrected chi connectivity index (χ0v) is 28.5. The number of likely N-dealkylation sites (N-methyl/N-ethyl adjacent to an activating group) is 1. The van der Waals surface area contributed by atoms with E-state index in [0.29, 0.717) is 27.2 Å². The largest absolute Gasteiger partial charge is 0.455 e. The SMILES string of the molecule is C[C@H]1[C@H](c2ccccc2)OC(=O)[C@H]2[C@@H]3O[C@@]4(C=C3Br)[C@@H]2C(=O)N(CCCO)[C@@H]4C(=O)N(c2ccccc2Cl)C/C=C\CCC(=O)N1C. The van der Waals surface area contributed by atoms with Gasteiger partial charge in [0.1, 0.15) is 29.8 Å². The molecule has 4 heterocycles. The molecule has 6 rings (SSSR count). The predicted molar refractivity (Wildman–Crippen MR) is 178 cm³/mol. The molecular formula is C35H37BrClN3O7. The Morgan fingerprint density at radius 2 is 1.72 bits per heavy atom. The van der Waals surface area contributed by atoms with Gasteiger partial charge in [0.2, 0.25) is 11.8 Å². The number of aliphatic hydroxyl groups excluding tert-OH is 1. The van der Waals surface area contributed by atoms with Crippen molar-refractivity contribution in [1.29, 1.82) is 0 Å². The number of aliphatic hydroxyl groups is 1. The van der Waals surface area contributed by atoms with E-state index in [1.807, 2.05) is 43.3 Å². The number of allylic oxidation sites excluding steroid dienone is 1. The number of ether oxygens (including phenoxy) is 2. The smallest absolute Gasteiger partial charge is 0.313 e. The number of cyclic esters (lactones) is 1. The van der Waals surface area contributed by atoms with Crippen molar-refractivity contribution in [2.45, 2.75) is 56.1 Å². The van der Waals surface area contributed by atoms with E-state index >= 15 is 0 Å². The molecule has 0 radical (unpaired) electrons. The molecule has 4 aliphatic heterocycles. The van der Waals surface area contributed by atoms with E-state index in [1.165, 1.54) is 9.80 Å². The fourth-order valence-corrected chi connectivity index (χ4v) is 8.25. The van der Waals surface area contributed by atoms with Crippen molar-refractivity contribution in [3.63, 3.8) is 0 Å². The van der Waals surface area contributed by atoms with Gasteiger partial charge in [-0.15, -0.1) is 0 Å². The van der Waals surface area contributed by atoms with Crippen LogP contribution in [-0.2, 0) is 28.7 Å². The zero-order valence-electron chi connectivity index (χ0n) is 26.1. The van der Waals surface area contributed by atoms with Crippen LogP contribution in [-0.4, -0.2) is 89.1 Å². The summed E-state index contributed by atoms with van der Waals surface area (Å²) in [5.74, 6) is -3.79. The van der Waals surface area contributed by atoms with Gasteiger partial charge in [0.25, 0.3) is 5.91 Å². The van der Waals surface area contributed by atoms with Crippen molar-refractivity contribution in [3.8, 4) is 0 Å². The summed E-state index contributed by atoms with van der Waals surface area (Å²) in [7, 11) is 1.69. The lowest BCUT2D eigenvalue weighted by Crippen LogP contribution is -2.56. The lowest BCUT2D eigenvalue weighted by molar-refractivity contribution is -0.164. The third kappa shape index (κ3) is 5.81. The van der Waals surface area contributed by atoms with Crippen LogP contribution in [0, 0.1) is 11.8 Å². The van der Waals surface area contributed by atoms with Gasteiger partial charge in [0, 0.05) is 37.6 Å². The second kappa shape index (κ2) is 13.5. The van der Waals surface area contributed by atoms with E-state index in [4.69, 9.17) is 21.1 Å². The van der Waals surface area contributed by atoms with E-state index in [2.05, 4.69) is 15.9 Å². The molecule has 0 saturated carbocycles. The molecule has 0 aliphatic carbocycles. The Hall–Kier alpha value is -3.51. The first kappa shape index (κ1) is 33.4. The molecule has 4 aliphatic rings. The number of halogens is 2. The minimum Gasteiger partial charge on any atom is -0.455 e. The maximum absolute atomic E-state index is 14.8. The summed E-state index contributed by atoms with van der Waals surface area (Å²) in [5.41, 5.74) is -0.336. The van der Waals surface area contributed by atoms with Crippen LogP contribution in [0.2, 0.25) is 5.02 Å². The number of anilines is 1. The van der Waals surface area contributed by atoms with E-state index in [-0.39, 0.29) is 38.4 Å². The first-order valence-electron chi connectivity index (χ1n) is 15.8. The van der Waals surface area contributed by atoms with E-state index in [9.17, 15) is 24.3 Å². The van der Waals surface area contributed by atoms with Gasteiger partial charge >= 0.3 is 5.97 Å². The number of likely N-dealkylation sites (tertiary alicyclic amines) is 1. The molecule has 2 aromatic rings. The van der Waals surface area contributed by atoms with Crippen LogP contribution in [0.5, 0.6) is 0 Å². The number of hydrogen-bond acceptors (Lipinski definition) is 7. The fraction of sp³-hybridized carbons (Fsp3) is 0.429. The van der Waals surface area contributed by atoms with Gasteiger partial charge < -0.3 is 29.3 Å². The molecule has 2 saturated heterocycles. The molecule has 3 amide bonds. The normalized spacial score (nSPS) is 32.0. The van der Waals surface area contributed by atoms with Gasteiger partial charge in [-0.2, -0.15) is 0 Å². The quantitative estimate of drug-likeness (QED) is 0.359. The fourth-order valence-electron chi connectivity index (χ4n) is 7.27. The summed E-state index contributed by atoms with van der Waals surface area (Å²) in [6, 6.07) is 14.4. The Bertz CT molecular complexity index is 1620. The number of esters is 1. The molecular weight excluding hydrogens is 690 g/mol. The monoisotopic (exact) mass is 725 g/mol. The third-order valence-corrected chi connectivity index (χ3v) is 10.7. The lowest BCUT2D eigenvalue weighted by atomic mass is 9.74. The summed E-state index contributed by atoms with van der Waals surface area (Å²) >= 11 is 10.2. The van der Waals surface area contributed by atoms with Gasteiger partial charge in [-0.1, -0.05) is 82.1 Å². The number of fused-ring (bicyclic) bond motifs is 2. The Morgan fingerprint density at radius 3 is 2.45 bits per heavy atom. The number of benzene rings is 2. The number of carbonyl (C=O) groups excluding carboxylic acids is 4. The standard InChI is InChI=1S/C35H37BrClN3O7/c1-21-29(22-12-5-3-6-13-22)46-34(45)27-28-32(43)40(18-11-19-41)31(35(28)20-23(36)30(27)47-35)33(44)39(25-15-9-8-14-24(25)37)17-10-4-7-16-26(42)38(21)2/h3-6,8-10,12-15,20-21,27-31,41H,7,11,16-19H2,1-2H3/b10-4-/t21-,27+,28-,29+,30+,31+,35-/m0/s1. The summed E-state index contributed by atoms with van der Waals surface area (Å²) in [6.45, 7) is 1.82. The number of carbonyl (C=O) groups is 4. The lowest BCUT2D eigenvalue weighted by Gasteiger charge is -2.36. The minimum absolute atomic E-state index is 0.0774. The minimum atomic E-state index is -1.48. The van der Waals surface area contributed by atoms with Gasteiger partial charge in [0.05, 0.1) is 22.7 Å². The van der Waals surface area contributed by atoms with Crippen LogP contribution in [0.3, 0.4) is 0 Å². The van der Waals surface area contributed by atoms with Crippen LogP contribution in [0.25, 0.3) is 0 Å². The summed E-state index contributed by atoms with van der Waals surface area (Å²) in [5, 5.41) is 10.1. The third-order valence-electron chi connectivity index (χ3n) is 9.69. The second-order valence-corrected chi connectivity index (χ2v) is 13.7. The maximum atomic E-state index is 14.8. The van der Waals surface area contributed by atoms with Crippen molar-refractivity contribution >= 4 is 56.9 Å². The highest BCUT2D eigenvalue weighted by atomic mass is 79.9. The summed E-state index contributed by atoms with van der Waals surface area (Å²) in [6.07, 6.45) is 4.54. The number of rotatable bonds is 5. The highest BCUT2D eigenvalue weighted by Crippen LogP contribution is 2.59. The topological polar surface area (TPSA) is 117 Å².